The standard InChI is InChI=1S/C34H52N6O6/c1-23(25-11-9-15-38(25)5)45-27-22-26(39-16-18-40(19-17-39)31(42)46-32(2,3)4)36-30(37-27)28(41)24-10-8-13-33(29(24)35)12-6-7-14-34(33)43-20-21-44-34/h22-25,35H,6-21H2,1-5H3/t23-,24?,25-,33-/m0/s1. The number of amides is 1. The number of ether oxygens (including phenoxy) is 4. The Morgan fingerprint density at radius 3 is 2.35 bits per heavy atom. The van der Waals surface area contributed by atoms with E-state index in [-0.39, 0.29) is 29.8 Å². The van der Waals surface area contributed by atoms with E-state index < -0.39 is 22.7 Å². The van der Waals surface area contributed by atoms with Crippen LogP contribution in [0.3, 0.4) is 0 Å². The summed E-state index contributed by atoms with van der Waals surface area (Å²) in [6, 6.07) is 2.07. The van der Waals surface area contributed by atoms with Crippen molar-refractivity contribution in [2.75, 3.05) is 57.9 Å². The Labute approximate surface area is 273 Å². The van der Waals surface area contributed by atoms with Crippen LogP contribution in [0.25, 0.3) is 0 Å². The molecule has 1 aromatic rings. The van der Waals surface area contributed by atoms with E-state index in [1.54, 1.807) is 4.90 Å². The van der Waals surface area contributed by atoms with Gasteiger partial charge in [0.25, 0.3) is 0 Å². The van der Waals surface area contributed by atoms with E-state index in [2.05, 4.69) is 23.8 Å². The maximum Gasteiger partial charge on any atom is 0.410 e. The first kappa shape index (κ1) is 33.1. The highest BCUT2D eigenvalue weighted by atomic mass is 16.7. The van der Waals surface area contributed by atoms with Crippen molar-refractivity contribution in [2.24, 2.45) is 11.3 Å². The normalized spacial score (nSPS) is 29.4. The number of piperazine rings is 1. The first-order valence-corrected chi connectivity index (χ1v) is 17.3. The van der Waals surface area contributed by atoms with Crippen molar-refractivity contribution in [2.45, 2.75) is 109 Å². The van der Waals surface area contributed by atoms with Crippen LogP contribution in [0.4, 0.5) is 10.6 Å². The number of anilines is 1. The fourth-order valence-electron chi connectivity index (χ4n) is 8.37. The van der Waals surface area contributed by atoms with Crippen molar-refractivity contribution in [3.05, 3.63) is 11.9 Å². The number of carbonyl (C=O) groups excluding carboxylic acids is 2. The number of carbonyl (C=O) groups is 2. The summed E-state index contributed by atoms with van der Waals surface area (Å²) < 4.78 is 24.6. The summed E-state index contributed by atoms with van der Waals surface area (Å²) in [5.74, 6) is -0.648. The van der Waals surface area contributed by atoms with Gasteiger partial charge in [-0.15, -0.1) is 0 Å². The maximum absolute atomic E-state index is 14.4. The zero-order valence-electron chi connectivity index (χ0n) is 28.3. The quantitative estimate of drug-likeness (QED) is 0.437. The molecule has 1 amide bonds. The highest BCUT2D eigenvalue weighted by Crippen LogP contribution is 2.56. The highest BCUT2D eigenvalue weighted by Gasteiger charge is 2.62. The lowest BCUT2D eigenvalue weighted by molar-refractivity contribution is -0.238. The zero-order valence-corrected chi connectivity index (χ0v) is 28.3. The number of nitrogens with one attached hydrogen (secondary N) is 1. The Kier molecular flexibility index (Phi) is 9.35. The molecule has 2 saturated carbocycles. The Hall–Kier alpha value is -2.83. The summed E-state index contributed by atoms with van der Waals surface area (Å²) in [6.45, 7) is 11.7. The van der Waals surface area contributed by atoms with Crippen LogP contribution in [0, 0.1) is 16.7 Å². The van der Waals surface area contributed by atoms with Crippen LogP contribution in [0.15, 0.2) is 6.07 Å². The number of likely N-dealkylation sites (N-methyl/N-ethyl adjacent to an activating group) is 1. The molecule has 2 spiro atoms. The zero-order chi connectivity index (χ0) is 32.7. The minimum absolute atomic E-state index is 0.0824. The summed E-state index contributed by atoms with van der Waals surface area (Å²) in [5.41, 5.74) is -0.754. The van der Waals surface area contributed by atoms with Gasteiger partial charge in [0.15, 0.2) is 5.79 Å². The topological polar surface area (TPSA) is 130 Å². The van der Waals surface area contributed by atoms with Crippen LogP contribution in [0.2, 0.25) is 0 Å². The molecule has 46 heavy (non-hydrogen) atoms. The van der Waals surface area contributed by atoms with Gasteiger partial charge in [0.2, 0.25) is 17.5 Å². The summed E-state index contributed by atoms with van der Waals surface area (Å²) in [7, 11) is 2.11. The second-order valence-corrected chi connectivity index (χ2v) is 14.8. The average Bonchev–Trinajstić information content (AvgIpc) is 3.68. The number of hydrogen-bond acceptors (Lipinski definition) is 11. The van der Waals surface area contributed by atoms with E-state index >= 15 is 0 Å². The first-order chi connectivity index (χ1) is 21.9. The van der Waals surface area contributed by atoms with Gasteiger partial charge in [0.1, 0.15) is 17.5 Å². The molecule has 2 aliphatic carbocycles. The van der Waals surface area contributed by atoms with Gasteiger partial charge < -0.3 is 34.2 Å². The van der Waals surface area contributed by atoms with Crippen molar-refractivity contribution in [1.29, 1.82) is 5.41 Å². The molecule has 5 aliphatic rings. The molecule has 12 nitrogen and oxygen atoms in total. The second-order valence-electron chi connectivity index (χ2n) is 14.8. The molecule has 12 heteroatoms. The lowest BCUT2D eigenvalue weighted by atomic mass is 9.57. The van der Waals surface area contributed by atoms with Crippen molar-refractivity contribution >= 4 is 23.4 Å². The molecule has 1 N–H and O–H groups in total. The van der Waals surface area contributed by atoms with E-state index in [0.717, 1.165) is 57.9 Å². The van der Waals surface area contributed by atoms with Crippen LogP contribution in [-0.2, 0) is 14.2 Å². The van der Waals surface area contributed by atoms with Gasteiger partial charge in [0.05, 0.1) is 24.5 Å². The minimum Gasteiger partial charge on any atom is -0.473 e. The van der Waals surface area contributed by atoms with Crippen molar-refractivity contribution in [3.8, 4) is 5.88 Å². The SMILES string of the molecule is C[C@H](Oc1cc(N2CCN(C(=O)OC(C)(C)C)CC2)nc(C(=O)C2CCC[C@@]3(CCCCC34OCCO4)C2=N)n1)[C@@H]1CCCN1C. The highest BCUT2D eigenvalue weighted by molar-refractivity contribution is 6.12. The maximum atomic E-state index is 14.4. The number of ketones is 1. The predicted molar refractivity (Wildman–Crippen MR) is 173 cm³/mol. The number of aromatic nitrogens is 2. The number of rotatable bonds is 6. The van der Waals surface area contributed by atoms with Gasteiger partial charge in [-0.1, -0.05) is 12.8 Å². The van der Waals surface area contributed by atoms with Gasteiger partial charge in [0, 0.05) is 50.4 Å². The molecule has 3 saturated heterocycles. The molecule has 0 bridgehead atoms. The fraction of sp³-hybridized carbons (Fsp3) is 0.794. The summed E-state index contributed by atoms with van der Waals surface area (Å²) >= 11 is 0. The van der Waals surface area contributed by atoms with E-state index in [1.165, 1.54) is 0 Å². The Bertz CT molecular complexity index is 1300. The van der Waals surface area contributed by atoms with Crippen LogP contribution in [0.5, 0.6) is 5.88 Å². The second kappa shape index (κ2) is 13.0. The summed E-state index contributed by atoms with van der Waals surface area (Å²) in [6.07, 6.45) is 7.42. The average molecular weight is 641 g/mol. The monoisotopic (exact) mass is 640 g/mol. The lowest BCUT2D eigenvalue weighted by Crippen LogP contribution is -2.59. The number of nitrogens with zero attached hydrogens (tertiary/aromatic N) is 5. The third-order valence-corrected chi connectivity index (χ3v) is 10.7. The van der Waals surface area contributed by atoms with E-state index in [1.807, 2.05) is 26.8 Å². The molecule has 0 aromatic carbocycles. The van der Waals surface area contributed by atoms with Crippen LogP contribution in [0.1, 0.15) is 96.1 Å². The molecule has 0 radical (unpaired) electrons. The first-order valence-electron chi connectivity index (χ1n) is 17.3. The Balaban J connectivity index is 1.26. The van der Waals surface area contributed by atoms with Crippen LogP contribution >= 0.6 is 0 Å². The molecular formula is C34H52N6O6. The number of fused-ring (bicyclic) bond motifs is 1. The smallest absolute Gasteiger partial charge is 0.410 e. The molecule has 1 aromatic heterocycles. The minimum atomic E-state index is -0.811. The molecule has 3 aliphatic heterocycles. The predicted octanol–water partition coefficient (Wildman–Crippen LogP) is 4.70. The summed E-state index contributed by atoms with van der Waals surface area (Å²) in [5, 5.41) is 9.50. The summed E-state index contributed by atoms with van der Waals surface area (Å²) in [4.78, 5) is 42.7. The Morgan fingerprint density at radius 1 is 0.978 bits per heavy atom. The van der Waals surface area contributed by atoms with E-state index in [9.17, 15) is 15.0 Å². The van der Waals surface area contributed by atoms with Crippen LogP contribution in [-0.4, -0.2) is 114 Å². The van der Waals surface area contributed by atoms with Gasteiger partial charge >= 0.3 is 6.09 Å². The van der Waals surface area contributed by atoms with Crippen molar-refractivity contribution in [3.63, 3.8) is 0 Å². The molecule has 6 rings (SSSR count). The van der Waals surface area contributed by atoms with Gasteiger partial charge in [-0.05, 0) is 79.8 Å². The Morgan fingerprint density at radius 2 is 1.67 bits per heavy atom. The largest absolute Gasteiger partial charge is 0.473 e. The fourth-order valence-corrected chi connectivity index (χ4v) is 8.37. The lowest BCUT2D eigenvalue weighted by Gasteiger charge is -2.53. The molecule has 1 unspecified atom stereocenters. The van der Waals surface area contributed by atoms with Crippen LogP contribution < -0.4 is 9.64 Å². The number of Topliss-reactive ketones (excluding diaryl/α,β-unsaturated/α-hetero) is 1. The van der Waals surface area contributed by atoms with Gasteiger partial charge in [-0.25, -0.2) is 9.78 Å². The molecular weight excluding hydrogens is 588 g/mol. The molecule has 4 heterocycles. The van der Waals surface area contributed by atoms with Gasteiger partial charge in [-0.3, -0.25) is 9.69 Å². The number of hydrogen-bond donors (Lipinski definition) is 1. The van der Waals surface area contributed by atoms with Crippen molar-refractivity contribution in [1.82, 2.24) is 19.8 Å². The molecule has 4 atom stereocenters. The molecule has 5 fully saturated rings. The third-order valence-electron chi connectivity index (χ3n) is 10.7. The third kappa shape index (κ3) is 6.36. The number of likely N-dealkylation sites (tertiary alicyclic amines) is 1. The van der Waals surface area contributed by atoms with Crippen molar-refractivity contribution < 1.29 is 28.5 Å². The molecule has 254 valence electrons. The van der Waals surface area contributed by atoms with E-state index in [4.69, 9.17) is 28.9 Å². The van der Waals surface area contributed by atoms with E-state index in [0.29, 0.717) is 63.2 Å². The van der Waals surface area contributed by atoms with Gasteiger partial charge in [-0.2, -0.15) is 4.98 Å².